The van der Waals surface area contributed by atoms with E-state index in [4.69, 9.17) is 5.73 Å². The molecule has 0 aliphatic heterocycles. The predicted molar refractivity (Wildman–Crippen MR) is 143 cm³/mol. The van der Waals surface area contributed by atoms with Crippen molar-refractivity contribution in [3.05, 3.63) is 77.5 Å². The molecule has 0 spiro atoms. The summed E-state index contributed by atoms with van der Waals surface area (Å²) >= 11 is 0. The van der Waals surface area contributed by atoms with Gasteiger partial charge in [-0.1, -0.05) is 12.1 Å². The number of fused-ring (bicyclic) bond motifs is 2. The molecule has 10 nitrogen and oxygen atoms in total. The molecule has 40 heavy (non-hydrogen) atoms. The number of carbonyl (C=O) groups is 1. The van der Waals surface area contributed by atoms with Gasteiger partial charge in [-0.15, -0.1) is 0 Å². The lowest BCUT2D eigenvalue weighted by atomic mass is 9.99. The van der Waals surface area contributed by atoms with Gasteiger partial charge < -0.3 is 11.1 Å². The molecule has 4 heterocycles. The molecule has 6 rings (SSSR count). The molecule has 0 radical (unpaired) electrons. The molecule has 0 bridgehead atoms. The zero-order chi connectivity index (χ0) is 28.3. The van der Waals surface area contributed by atoms with Crippen LogP contribution in [0.15, 0.2) is 55.1 Å². The summed E-state index contributed by atoms with van der Waals surface area (Å²) in [5.41, 5.74) is 9.73. The zero-order valence-corrected chi connectivity index (χ0v) is 21.5. The lowest BCUT2D eigenvalue weighted by molar-refractivity contribution is -0.137. The van der Waals surface area contributed by atoms with E-state index in [9.17, 15) is 18.0 Å². The van der Waals surface area contributed by atoms with E-state index in [1.807, 2.05) is 0 Å². The van der Waals surface area contributed by atoms with Gasteiger partial charge in [0.05, 0.1) is 22.3 Å². The number of carbonyl (C=O) groups excluding carboxylic acids is 1. The Hall–Kier alpha value is -4.81. The van der Waals surface area contributed by atoms with Crippen LogP contribution in [-0.2, 0) is 25.6 Å². The molecule has 206 valence electrons. The topological polar surface area (TPSA) is 140 Å². The van der Waals surface area contributed by atoms with Gasteiger partial charge in [0.25, 0.3) is 5.91 Å². The van der Waals surface area contributed by atoms with Crippen LogP contribution in [0.25, 0.3) is 22.3 Å². The Morgan fingerprint density at radius 2 is 1.88 bits per heavy atom. The number of hydrogen-bond acceptors (Lipinski definition) is 7. The Labute approximate surface area is 226 Å². The van der Waals surface area contributed by atoms with E-state index < -0.39 is 17.6 Å². The summed E-state index contributed by atoms with van der Waals surface area (Å²) in [6.45, 7) is 3.14. The number of nitrogens with two attached hydrogens (primary N) is 1. The van der Waals surface area contributed by atoms with E-state index in [0.29, 0.717) is 22.3 Å². The Bertz CT molecular complexity index is 1620. The molecular weight excluding hydrogens is 523 g/mol. The molecule has 0 saturated heterocycles. The number of aromatic nitrogens is 7. The van der Waals surface area contributed by atoms with Crippen LogP contribution in [0.2, 0.25) is 0 Å². The van der Waals surface area contributed by atoms with E-state index in [0.717, 1.165) is 24.9 Å². The maximum Gasteiger partial charge on any atom is 0.416 e. The third kappa shape index (κ3) is 5.77. The van der Waals surface area contributed by atoms with Crippen molar-refractivity contribution in [1.82, 2.24) is 34.9 Å². The number of rotatable bonds is 4. The molecule has 0 fully saturated rings. The molecule has 4 aromatic heterocycles. The molecule has 0 unspecified atom stereocenters. The molecule has 1 aromatic carbocycles. The van der Waals surface area contributed by atoms with Crippen molar-refractivity contribution in [2.45, 2.75) is 45.3 Å². The maximum atomic E-state index is 12.8. The van der Waals surface area contributed by atoms with Gasteiger partial charge >= 0.3 is 6.18 Å². The average molecular weight is 550 g/mol. The predicted octanol–water partition coefficient (Wildman–Crippen LogP) is 5.05. The van der Waals surface area contributed by atoms with E-state index >= 15 is 0 Å². The number of anilines is 2. The number of aromatic amines is 1. The van der Waals surface area contributed by atoms with Crippen LogP contribution >= 0.6 is 0 Å². The number of nitrogens with one attached hydrogen (secondary N) is 2. The molecule has 13 heteroatoms. The van der Waals surface area contributed by atoms with Crippen molar-refractivity contribution >= 4 is 28.6 Å². The van der Waals surface area contributed by atoms with Gasteiger partial charge in [0.1, 0.15) is 18.0 Å². The fraction of sp³-hybridized carbons (Fsp3) is 0.259. The molecular formula is C27H26F3N9O. The van der Waals surface area contributed by atoms with Gasteiger partial charge in [-0.3, -0.25) is 14.6 Å². The molecule has 1 aliphatic rings. The Balaban J connectivity index is 0.000000244. The highest BCUT2D eigenvalue weighted by atomic mass is 19.4. The minimum atomic E-state index is -4.53. The Morgan fingerprint density at radius 1 is 1.10 bits per heavy atom. The SMILES string of the molecule is CCn1cc2c(n1)CCCC2.Nc1ncnc2n[nH]c(-c3ccc(C(=O)Nc4cc(C(F)(F)F)ccn4)cc3)c12. The summed E-state index contributed by atoms with van der Waals surface area (Å²) in [7, 11) is 0. The third-order valence-electron chi connectivity index (χ3n) is 6.50. The Morgan fingerprint density at radius 3 is 2.60 bits per heavy atom. The molecule has 0 saturated carbocycles. The van der Waals surface area contributed by atoms with Gasteiger partial charge in [0.15, 0.2) is 5.65 Å². The van der Waals surface area contributed by atoms with E-state index in [2.05, 4.69) is 53.4 Å². The highest BCUT2D eigenvalue weighted by Crippen LogP contribution is 2.31. The smallest absolute Gasteiger partial charge is 0.383 e. The lowest BCUT2D eigenvalue weighted by Crippen LogP contribution is -2.14. The largest absolute Gasteiger partial charge is 0.416 e. The standard InChI is InChI=1S/C18H12F3N7O.C9H14N2/c19-18(20,21)11-5-6-23-12(7-11)26-17(29)10-3-1-9(2-4-10)14-13-15(22)24-8-25-16(13)28-27-14;1-2-11-7-8-5-3-4-6-9(8)10-11/h1-8H,(H,23,26,29)(H3,22,24,25,27,28);7H,2-6H2,1H3. The van der Waals surface area contributed by atoms with Crippen LogP contribution < -0.4 is 11.1 Å². The van der Waals surface area contributed by atoms with Crippen molar-refractivity contribution < 1.29 is 18.0 Å². The quantitative estimate of drug-likeness (QED) is 0.285. The fourth-order valence-corrected chi connectivity index (χ4v) is 4.43. The number of hydrogen-bond donors (Lipinski definition) is 3. The van der Waals surface area contributed by atoms with Crippen molar-refractivity contribution in [2.75, 3.05) is 11.1 Å². The number of nitrogen functional groups attached to an aromatic ring is 1. The van der Waals surface area contributed by atoms with E-state index in [-0.39, 0.29) is 17.2 Å². The number of halogens is 3. The zero-order valence-electron chi connectivity index (χ0n) is 21.5. The van der Waals surface area contributed by atoms with E-state index in [1.54, 1.807) is 12.1 Å². The molecule has 5 aromatic rings. The maximum absolute atomic E-state index is 12.8. The van der Waals surface area contributed by atoms with Crippen molar-refractivity contribution in [3.8, 4) is 11.3 Å². The first-order valence-corrected chi connectivity index (χ1v) is 12.7. The second-order valence-electron chi connectivity index (χ2n) is 9.18. The van der Waals surface area contributed by atoms with Crippen molar-refractivity contribution in [2.24, 2.45) is 0 Å². The second-order valence-corrected chi connectivity index (χ2v) is 9.18. The Kier molecular flexibility index (Phi) is 7.45. The van der Waals surface area contributed by atoms with Crippen molar-refractivity contribution in [3.63, 3.8) is 0 Å². The lowest BCUT2D eigenvalue weighted by Gasteiger charge is -2.09. The van der Waals surface area contributed by atoms with Gasteiger partial charge in [-0.05, 0) is 62.4 Å². The monoisotopic (exact) mass is 549 g/mol. The number of alkyl halides is 3. The highest BCUT2D eigenvalue weighted by molar-refractivity contribution is 6.04. The van der Waals surface area contributed by atoms with Gasteiger partial charge in [0, 0.05) is 30.1 Å². The number of pyridine rings is 1. The van der Waals surface area contributed by atoms with Crippen LogP contribution in [0.4, 0.5) is 24.8 Å². The van der Waals surface area contributed by atoms with E-state index in [1.165, 1.54) is 55.4 Å². The molecule has 0 atom stereocenters. The summed E-state index contributed by atoms with van der Waals surface area (Å²) in [4.78, 5) is 24.1. The fourth-order valence-electron chi connectivity index (χ4n) is 4.43. The summed E-state index contributed by atoms with van der Waals surface area (Å²) < 4.78 is 40.4. The first-order chi connectivity index (χ1) is 19.2. The summed E-state index contributed by atoms with van der Waals surface area (Å²) in [5.74, 6) is -0.532. The molecule has 1 aliphatic carbocycles. The van der Waals surface area contributed by atoms with Crippen molar-refractivity contribution in [1.29, 1.82) is 0 Å². The summed E-state index contributed by atoms with van der Waals surface area (Å²) in [5, 5.41) is 14.3. The third-order valence-corrected chi connectivity index (χ3v) is 6.50. The number of benzene rings is 1. The van der Waals surface area contributed by atoms with Crippen LogP contribution in [0.3, 0.4) is 0 Å². The van der Waals surface area contributed by atoms with Crippen LogP contribution in [0.1, 0.15) is 46.9 Å². The summed E-state index contributed by atoms with van der Waals surface area (Å²) in [6, 6.07) is 7.93. The van der Waals surface area contributed by atoms with Crippen LogP contribution in [0, 0.1) is 0 Å². The van der Waals surface area contributed by atoms with Crippen LogP contribution in [-0.4, -0.2) is 40.8 Å². The molecule has 4 N–H and O–H groups in total. The van der Waals surface area contributed by atoms with Crippen LogP contribution in [0.5, 0.6) is 0 Å². The minimum Gasteiger partial charge on any atom is -0.383 e. The second kappa shape index (κ2) is 11.1. The minimum absolute atomic E-state index is 0.196. The first kappa shape index (κ1) is 26.8. The van der Waals surface area contributed by atoms with Gasteiger partial charge in [0.2, 0.25) is 0 Å². The van der Waals surface area contributed by atoms with Gasteiger partial charge in [-0.2, -0.15) is 23.4 Å². The molecule has 1 amide bonds. The average Bonchev–Trinajstić information content (AvgIpc) is 3.58. The normalized spacial score (nSPS) is 12.9. The number of H-pyrrole nitrogens is 1. The highest BCUT2D eigenvalue weighted by Gasteiger charge is 2.31. The summed E-state index contributed by atoms with van der Waals surface area (Å²) in [6.07, 6.45) is 5.08. The number of aryl methyl sites for hydroxylation is 3. The number of nitrogens with zero attached hydrogens (tertiary/aromatic N) is 6. The number of amides is 1. The first-order valence-electron chi connectivity index (χ1n) is 12.7. The van der Waals surface area contributed by atoms with Gasteiger partial charge in [-0.25, -0.2) is 15.0 Å².